The van der Waals surface area contributed by atoms with Crippen LogP contribution in [-0.2, 0) is 4.79 Å². The van der Waals surface area contributed by atoms with E-state index in [1.165, 1.54) is 12.1 Å². The van der Waals surface area contributed by atoms with Gasteiger partial charge in [0.15, 0.2) is 0 Å². The molecule has 1 saturated heterocycles. The van der Waals surface area contributed by atoms with Crippen LogP contribution in [0.2, 0.25) is 10.0 Å². The van der Waals surface area contributed by atoms with Crippen LogP contribution in [0.4, 0.5) is 11.4 Å². The third kappa shape index (κ3) is 3.04. The maximum Gasteiger partial charge on any atom is 0.272 e. The Morgan fingerprint density at radius 2 is 2.00 bits per heavy atom. The molecule has 1 heterocycles. The van der Waals surface area contributed by atoms with Crippen LogP contribution < -0.4 is 4.90 Å². The Balaban J connectivity index is 2.33. The number of piperidine rings is 1. The number of hydrogen-bond acceptors (Lipinski definition) is 4. The van der Waals surface area contributed by atoms with Gasteiger partial charge in [0.2, 0.25) is 0 Å². The molecule has 7 heteroatoms. The summed E-state index contributed by atoms with van der Waals surface area (Å²) in [5, 5.41) is 11.3. The van der Waals surface area contributed by atoms with Gasteiger partial charge in [0.05, 0.1) is 20.7 Å². The lowest BCUT2D eigenvalue weighted by Gasteiger charge is -2.34. The second kappa shape index (κ2) is 5.97. The molecule has 5 nitrogen and oxygen atoms in total. The van der Waals surface area contributed by atoms with Gasteiger partial charge in [0.1, 0.15) is 5.78 Å². The van der Waals surface area contributed by atoms with E-state index in [9.17, 15) is 14.9 Å². The van der Waals surface area contributed by atoms with Gasteiger partial charge in [0, 0.05) is 31.1 Å². The van der Waals surface area contributed by atoms with Crippen molar-refractivity contribution in [2.24, 2.45) is 5.92 Å². The van der Waals surface area contributed by atoms with E-state index in [1.807, 2.05) is 4.90 Å². The van der Waals surface area contributed by atoms with Crippen molar-refractivity contribution in [2.45, 2.75) is 19.8 Å². The van der Waals surface area contributed by atoms with E-state index in [-0.39, 0.29) is 27.4 Å². The Labute approximate surface area is 126 Å². The lowest BCUT2D eigenvalue weighted by atomic mass is 9.94. The molecule has 0 aromatic heterocycles. The van der Waals surface area contributed by atoms with Crippen LogP contribution >= 0.6 is 23.2 Å². The molecule has 0 bridgehead atoms. The molecule has 1 aromatic rings. The predicted octanol–water partition coefficient (Wildman–Crippen LogP) is 3.71. The molecular weight excluding hydrogens is 303 g/mol. The second-order valence-corrected chi connectivity index (χ2v) is 5.73. The Morgan fingerprint density at radius 3 is 2.50 bits per heavy atom. The van der Waals surface area contributed by atoms with Gasteiger partial charge in [0.25, 0.3) is 5.69 Å². The highest BCUT2D eigenvalue weighted by Gasteiger charge is 2.27. The SMILES string of the molecule is CC(=O)C1CCCN(c2c(Cl)cc([N+](=O)[O-])cc2Cl)C1. The number of nitro benzene ring substituents is 1. The maximum absolute atomic E-state index is 11.5. The first-order chi connectivity index (χ1) is 9.40. The summed E-state index contributed by atoms with van der Waals surface area (Å²) in [7, 11) is 0. The first-order valence-electron chi connectivity index (χ1n) is 6.29. The summed E-state index contributed by atoms with van der Waals surface area (Å²) >= 11 is 12.2. The van der Waals surface area contributed by atoms with Gasteiger partial charge in [-0.3, -0.25) is 14.9 Å². The Bertz CT molecular complexity index is 540. The number of nitro groups is 1. The molecule has 1 aliphatic rings. The first-order valence-corrected chi connectivity index (χ1v) is 7.04. The number of benzene rings is 1. The monoisotopic (exact) mass is 316 g/mol. The molecule has 0 spiro atoms. The van der Waals surface area contributed by atoms with Gasteiger partial charge < -0.3 is 4.90 Å². The van der Waals surface area contributed by atoms with Crippen molar-refractivity contribution in [3.8, 4) is 0 Å². The third-order valence-electron chi connectivity index (χ3n) is 3.53. The predicted molar refractivity (Wildman–Crippen MR) is 78.7 cm³/mol. The summed E-state index contributed by atoms with van der Waals surface area (Å²) in [6.45, 7) is 2.86. The molecule has 20 heavy (non-hydrogen) atoms. The summed E-state index contributed by atoms with van der Waals surface area (Å²) in [5.74, 6) is 0.106. The number of carbonyl (C=O) groups excluding carboxylic acids is 1. The number of nitrogens with zero attached hydrogens (tertiary/aromatic N) is 2. The van der Waals surface area contributed by atoms with E-state index < -0.39 is 4.92 Å². The first kappa shape index (κ1) is 15.1. The van der Waals surface area contributed by atoms with E-state index in [0.29, 0.717) is 12.2 Å². The molecule has 2 rings (SSSR count). The summed E-state index contributed by atoms with van der Waals surface area (Å²) in [5.41, 5.74) is 0.439. The number of anilines is 1. The number of rotatable bonds is 3. The van der Waals surface area contributed by atoms with Crippen molar-refractivity contribution in [1.82, 2.24) is 0 Å². The fourth-order valence-corrected chi connectivity index (χ4v) is 3.19. The van der Waals surface area contributed by atoms with Crippen molar-refractivity contribution >= 4 is 40.4 Å². The van der Waals surface area contributed by atoms with Gasteiger partial charge in [-0.15, -0.1) is 0 Å². The highest BCUT2D eigenvalue weighted by Crippen LogP contribution is 2.39. The van der Waals surface area contributed by atoms with Crippen LogP contribution in [0.3, 0.4) is 0 Å². The molecule has 1 unspecified atom stereocenters. The number of carbonyl (C=O) groups is 1. The summed E-state index contributed by atoms with van der Waals surface area (Å²) in [4.78, 5) is 23.7. The Kier molecular flexibility index (Phi) is 4.50. The standard InChI is InChI=1S/C13H14Cl2N2O3/c1-8(18)9-3-2-4-16(7-9)13-11(14)5-10(17(19)20)6-12(13)15/h5-6,9H,2-4,7H2,1H3. The number of halogens is 2. The highest BCUT2D eigenvalue weighted by molar-refractivity contribution is 6.39. The largest absolute Gasteiger partial charge is 0.368 e. The molecule has 0 N–H and O–H groups in total. The smallest absolute Gasteiger partial charge is 0.272 e. The summed E-state index contributed by atoms with van der Waals surface area (Å²) < 4.78 is 0. The highest BCUT2D eigenvalue weighted by atomic mass is 35.5. The number of hydrogen-bond donors (Lipinski definition) is 0. The minimum atomic E-state index is -0.532. The lowest BCUT2D eigenvalue weighted by molar-refractivity contribution is -0.384. The molecule has 1 fully saturated rings. The van der Waals surface area contributed by atoms with E-state index in [4.69, 9.17) is 23.2 Å². The number of non-ortho nitro benzene ring substituents is 1. The third-order valence-corrected chi connectivity index (χ3v) is 4.10. The van der Waals surface area contributed by atoms with Gasteiger partial charge in [-0.1, -0.05) is 23.2 Å². The van der Waals surface area contributed by atoms with Gasteiger partial charge >= 0.3 is 0 Å². The molecule has 1 atom stereocenters. The van der Waals surface area contributed by atoms with E-state index in [1.54, 1.807) is 6.92 Å². The zero-order valence-corrected chi connectivity index (χ0v) is 12.4. The summed E-state index contributed by atoms with van der Waals surface area (Å²) in [6.07, 6.45) is 1.72. The van der Waals surface area contributed by atoms with E-state index in [2.05, 4.69) is 0 Å². The van der Waals surface area contributed by atoms with Crippen molar-refractivity contribution in [3.63, 3.8) is 0 Å². The van der Waals surface area contributed by atoms with E-state index >= 15 is 0 Å². The normalized spacial score (nSPS) is 18.9. The van der Waals surface area contributed by atoms with Gasteiger partial charge in [-0.2, -0.15) is 0 Å². The van der Waals surface area contributed by atoms with Crippen molar-refractivity contribution < 1.29 is 9.72 Å². The van der Waals surface area contributed by atoms with Crippen LogP contribution in [0.25, 0.3) is 0 Å². The Hall–Kier alpha value is -1.33. The molecule has 1 aliphatic heterocycles. The van der Waals surface area contributed by atoms with E-state index in [0.717, 1.165) is 19.4 Å². The zero-order valence-electron chi connectivity index (χ0n) is 10.9. The van der Waals surface area contributed by atoms with Crippen molar-refractivity contribution in [2.75, 3.05) is 18.0 Å². The molecule has 0 radical (unpaired) electrons. The molecule has 1 aromatic carbocycles. The van der Waals surface area contributed by atoms with Gasteiger partial charge in [-0.05, 0) is 19.8 Å². The lowest BCUT2D eigenvalue weighted by Crippen LogP contribution is -2.38. The van der Waals surface area contributed by atoms with Crippen LogP contribution in [0, 0.1) is 16.0 Å². The zero-order chi connectivity index (χ0) is 14.9. The average molecular weight is 317 g/mol. The topological polar surface area (TPSA) is 63.5 Å². The van der Waals surface area contributed by atoms with Crippen LogP contribution in [0.1, 0.15) is 19.8 Å². The van der Waals surface area contributed by atoms with Crippen LogP contribution in [-0.4, -0.2) is 23.8 Å². The molecule has 0 aliphatic carbocycles. The molecular formula is C13H14Cl2N2O3. The fourth-order valence-electron chi connectivity index (χ4n) is 2.47. The van der Waals surface area contributed by atoms with Crippen LogP contribution in [0.15, 0.2) is 12.1 Å². The molecule has 0 amide bonds. The van der Waals surface area contributed by atoms with Crippen LogP contribution in [0.5, 0.6) is 0 Å². The van der Waals surface area contributed by atoms with Crippen molar-refractivity contribution in [3.05, 3.63) is 32.3 Å². The average Bonchev–Trinajstić information content (AvgIpc) is 2.38. The molecule has 0 saturated carbocycles. The summed E-state index contributed by atoms with van der Waals surface area (Å²) in [6, 6.07) is 2.58. The van der Waals surface area contributed by atoms with Crippen molar-refractivity contribution in [1.29, 1.82) is 0 Å². The molecule has 108 valence electrons. The quantitative estimate of drug-likeness (QED) is 0.630. The Morgan fingerprint density at radius 1 is 1.40 bits per heavy atom. The van der Waals surface area contributed by atoms with Gasteiger partial charge in [-0.25, -0.2) is 0 Å². The maximum atomic E-state index is 11.5. The minimum absolute atomic E-state index is 0.0360. The number of ketones is 1. The second-order valence-electron chi connectivity index (χ2n) is 4.91. The fraction of sp³-hybridized carbons (Fsp3) is 0.462. The number of Topliss-reactive ketones (excluding diaryl/α,β-unsaturated/α-hetero) is 1. The minimum Gasteiger partial charge on any atom is -0.368 e.